The van der Waals surface area contributed by atoms with Crippen molar-refractivity contribution in [2.24, 2.45) is 0 Å². The molecule has 0 bridgehead atoms. The zero-order valence-electron chi connectivity index (χ0n) is 15.5. The number of ether oxygens (including phenoxy) is 2. The number of hydrogen-bond acceptors (Lipinski definition) is 6. The molecule has 0 spiro atoms. The molecule has 0 aliphatic rings. The van der Waals surface area contributed by atoms with E-state index in [2.05, 4.69) is 0 Å². The summed E-state index contributed by atoms with van der Waals surface area (Å²) in [6, 6.07) is 8.83. The maximum absolute atomic E-state index is 12.3. The first kappa shape index (κ1) is 20.5. The van der Waals surface area contributed by atoms with Crippen molar-refractivity contribution in [3.63, 3.8) is 0 Å². The van der Waals surface area contributed by atoms with Crippen molar-refractivity contribution >= 4 is 21.9 Å². The van der Waals surface area contributed by atoms with Crippen molar-refractivity contribution in [2.45, 2.75) is 4.90 Å². The monoisotopic (exact) mass is 391 g/mol. The van der Waals surface area contributed by atoms with Gasteiger partial charge in [-0.25, -0.2) is 12.7 Å². The van der Waals surface area contributed by atoms with E-state index in [1.807, 2.05) is 0 Å². The highest BCUT2D eigenvalue weighted by atomic mass is 32.2. The fourth-order valence-electron chi connectivity index (χ4n) is 2.28. The Morgan fingerprint density at radius 1 is 1.04 bits per heavy atom. The van der Waals surface area contributed by atoms with Gasteiger partial charge in [0.2, 0.25) is 15.8 Å². The van der Waals surface area contributed by atoms with E-state index < -0.39 is 10.0 Å². The number of rotatable bonds is 7. The number of allylic oxidation sites excluding steroid dienone is 1. The molecule has 1 N–H and O–H groups in total. The van der Waals surface area contributed by atoms with Crippen molar-refractivity contribution < 1.29 is 27.8 Å². The second-order valence-corrected chi connectivity index (χ2v) is 7.94. The third-order valence-electron chi connectivity index (χ3n) is 3.85. The summed E-state index contributed by atoms with van der Waals surface area (Å²) >= 11 is 0. The molecule has 8 heteroatoms. The summed E-state index contributed by atoms with van der Waals surface area (Å²) in [4.78, 5) is 12.4. The van der Waals surface area contributed by atoms with Gasteiger partial charge < -0.3 is 14.6 Å². The zero-order valence-corrected chi connectivity index (χ0v) is 16.3. The maximum atomic E-state index is 12.3. The van der Waals surface area contributed by atoms with Gasteiger partial charge in [-0.15, -0.1) is 0 Å². The number of benzene rings is 2. The van der Waals surface area contributed by atoms with Gasteiger partial charge >= 0.3 is 0 Å². The van der Waals surface area contributed by atoms with Gasteiger partial charge in [0.05, 0.1) is 19.1 Å². The highest BCUT2D eigenvalue weighted by Gasteiger charge is 2.17. The number of aromatic hydroxyl groups is 1. The molecule has 0 aliphatic heterocycles. The highest BCUT2D eigenvalue weighted by molar-refractivity contribution is 7.89. The van der Waals surface area contributed by atoms with Crippen LogP contribution in [-0.2, 0) is 10.0 Å². The third-order valence-corrected chi connectivity index (χ3v) is 5.68. The number of methoxy groups -OCH3 is 2. The molecular formula is C19H21NO6S. The van der Waals surface area contributed by atoms with Crippen LogP contribution >= 0.6 is 0 Å². The minimum atomic E-state index is -3.54. The second-order valence-electron chi connectivity index (χ2n) is 5.78. The maximum Gasteiger partial charge on any atom is 0.242 e. The molecule has 0 heterocycles. The molecule has 144 valence electrons. The molecule has 2 rings (SSSR count). The van der Waals surface area contributed by atoms with E-state index in [0.29, 0.717) is 11.1 Å². The van der Waals surface area contributed by atoms with E-state index in [1.54, 1.807) is 18.2 Å². The van der Waals surface area contributed by atoms with Crippen LogP contribution in [0.3, 0.4) is 0 Å². The molecule has 0 saturated heterocycles. The van der Waals surface area contributed by atoms with Crippen molar-refractivity contribution in [3.8, 4) is 17.2 Å². The van der Waals surface area contributed by atoms with Crippen LogP contribution in [0, 0.1) is 0 Å². The summed E-state index contributed by atoms with van der Waals surface area (Å²) in [6.45, 7) is 0. The molecule has 0 aromatic heterocycles. The molecule has 0 atom stereocenters. The standard InChI is InChI=1S/C19H21NO6S/c1-20(2)27(23,24)15-8-6-14(7-9-15)16(21)10-5-13-11-17(25-3)19(22)18(12-13)26-4/h5-12,22H,1-4H3. The average molecular weight is 391 g/mol. The normalized spacial score (nSPS) is 11.7. The first-order valence-electron chi connectivity index (χ1n) is 7.90. The summed E-state index contributed by atoms with van der Waals surface area (Å²) < 4.78 is 35.4. The zero-order chi connectivity index (χ0) is 20.2. The van der Waals surface area contributed by atoms with Crippen LogP contribution in [0.15, 0.2) is 47.4 Å². The lowest BCUT2D eigenvalue weighted by atomic mass is 10.1. The molecule has 7 nitrogen and oxygen atoms in total. The molecule has 0 saturated carbocycles. The van der Waals surface area contributed by atoms with E-state index in [9.17, 15) is 18.3 Å². The van der Waals surface area contributed by atoms with Crippen LogP contribution in [0.1, 0.15) is 15.9 Å². The Morgan fingerprint density at radius 2 is 1.56 bits per heavy atom. The topological polar surface area (TPSA) is 93.1 Å². The van der Waals surface area contributed by atoms with E-state index in [4.69, 9.17) is 9.47 Å². The van der Waals surface area contributed by atoms with Crippen LogP contribution in [0.5, 0.6) is 17.2 Å². The lowest BCUT2D eigenvalue weighted by molar-refractivity contribution is 0.104. The van der Waals surface area contributed by atoms with Crippen molar-refractivity contribution in [2.75, 3.05) is 28.3 Å². The van der Waals surface area contributed by atoms with Gasteiger partial charge in [0.25, 0.3) is 0 Å². The summed E-state index contributed by atoms with van der Waals surface area (Å²) in [7, 11) is 2.17. The lowest BCUT2D eigenvalue weighted by Crippen LogP contribution is -2.22. The Labute approximate surface area is 158 Å². The van der Waals surface area contributed by atoms with Crippen molar-refractivity contribution in [1.82, 2.24) is 4.31 Å². The summed E-state index contributed by atoms with van der Waals surface area (Å²) in [5.41, 5.74) is 0.948. The van der Waals surface area contributed by atoms with E-state index >= 15 is 0 Å². The van der Waals surface area contributed by atoms with E-state index in [1.165, 1.54) is 58.7 Å². The lowest BCUT2D eigenvalue weighted by Gasteiger charge is -2.11. The SMILES string of the molecule is COc1cc(C=CC(=O)c2ccc(S(=O)(=O)N(C)C)cc2)cc(OC)c1O. The first-order chi connectivity index (χ1) is 12.7. The third kappa shape index (κ3) is 4.47. The number of ketones is 1. The number of phenols is 1. The Kier molecular flexibility index (Phi) is 6.24. The predicted octanol–water partition coefficient (Wildman–Crippen LogP) is 2.56. The number of carbonyl (C=O) groups is 1. The molecule has 0 unspecified atom stereocenters. The van der Waals surface area contributed by atoms with Crippen LogP contribution in [0.4, 0.5) is 0 Å². The van der Waals surface area contributed by atoms with Gasteiger partial charge in [0.1, 0.15) is 0 Å². The Bertz CT molecular complexity index is 937. The fraction of sp³-hybridized carbons (Fsp3) is 0.211. The molecular weight excluding hydrogens is 370 g/mol. The Morgan fingerprint density at radius 3 is 2.00 bits per heavy atom. The second kappa shape index (κ2) is 8.24. The summed E-state index contributed by atoms with van der Waals surface area (Å²) in [5.74, 6) is 0.0235. The number of nitrogens with zero attached hydrogens (tertiary/aromatic N) is 1. The van der Waals surface area contributed by atoms with Gasteiger partial charge in [0, 0.05) is 19.7 Å². The highest BCUT2D eigenvalue weighted by Crippen LogP contribution is 2.37. The van der Waals surface area contributed by atoms with Crippen LogP contribution in [0.2, 0.25) is 0 Å². The Hall–Kier alpha value is -2.84. The van der Waals surface area contributed by atoms with Gasteiger partial charge in [-0.05, 0) is 48.0 Å². The molecule has 27 heavy (non-hydrogen) atoms. The molecule has 0 radical (unpaired) electrons. The molecule has 0 aliphatic carbocycles. The minimum Gasteiger partial charge on any atom is -0.502 e. The number of hydrogen-bond donors (Lipinski definition) is 1. The summed E-state index contributed by atoms with van der Waals surface area (Å²) in [5, 5.41) is 9.91. The van der Waals surface area contributed by atoms with Crippen molar-refractivity contribution in [1.29, 1.82) is 0 Å². The predicted molar refractivity (Wildman–Crippen MR) is 102 cm³/mol. The number of sulfonamides is 1. The molecule has 0 amide bonds. The number of carbonyl (C=O) groups excluding carboxylic acids is 1. The molecule has 2 aromatic carbocycles. The van der Waals surface area contributed by atoms with Crippen LogP contribution in [-0.4, -0.2) is 51.9 Å². The molecule has 0 fully saturated rings. The molecule has 2 aromatic rings. The largest absolute Gasteiger partial charge is 0.502 e. The summed E-state index contributed by atoms with van der Waals surface area (Å²) in [6.07, 6.45) is 2.90. The van der Waals surface area contributed by atoms with Gasteiger partial charge in [-0.1, -0.05) is 6.08 Å². The minimum absolute atomic E-state index is 0.112. The van der Waals surface area contributed by atoms with Gasteiger partial charge in [-0.2, -0.15) is 0 Å². The van der Waals surface area contributed by atoms with Crippen LogP contribution in [0.25, 0.3) is 6.08 Å². The van der Waals surface area contributed by atoms with Crippen molar-refractivity contribution in [3.05, 3.63) is 53.6 Å². The van der Waals surface area contributed by atoms with E-state index in [0.717, 1.165) is 4.31 Å². The average Bonchev–Trinajstić information content (AvgIpc) is 2.66. The van der Waals surface area contributed by atoms with Crippen LogP contribution < -0.4 is 9.47 Å². The number of phenolic OH excluding ortho intramolecular Hbond substituents is 1. The fourth-order valence-corrected chi connectivity index (χ4v) is 3.18. The Balaban J connectivity index is 2.25. The van der Waals surface area contributed by atoms with Gasteiger partial charge in [-0.3, -0.25) is 4.79 Å². The smallest absolute Gasteiger partial charge is 0.242 e. The quantitative estimate of drug-likeness (QED) is 0.576. The first-order valence-corrected chi connectivity index (χ1v) is 9.34. The van der Waals surface area contributed by atoms with E-state index in [-0.39, 0.29) is 27.9 Å². The van der Waals surface area contributed by atoms with Gasteiger partial charge in [0.15, 0.2) is 17.3 Å².